The van der Waals surface area contributed by atoms with Crippen molar-refractivity contribution in [1.82, 2.24) is 4.72 Å². The lowest BCUT2D eigenvalue weighted by atomic mass is 10.1. The topological polar surface area (TPSA) is 83.5 Å². The monoisotopic (exact) mass is 273 g/mol. The summed E-state index contributed by atoms with van der Waals surface area (Å²) in [5.41, 5.74) is 0.190. The Morgan fingerprint density at radius 3 is 2.56 bits per heavy atom. The zero-order valence-electron chi connectivity index (χ0n) is 9.60. The van der Waals surface area contributed by atoms with Gasteiger partial charge < -0.3 is 5.11 Å². The molecule has 0 saturated heterocycles. The maximum absolute atomic E-state index is 13.6. The molecule has 1 aromatic rings. The van der Waals surface area contributed by atoms with Crippen LogP contribution in [0.25, 0.3) is 0 Å². The van der Waals surface area contributed by atoms with Crippen molar-refractivity contribution in [2.45, 2.75) is 18.8 Å². The molecule has 0 radical (unpaired) electrons. The van der Waals surface area contributed by atoms with Crippen LogP contribution in [0.3, 0.4) is 0 Å². The Kier molecular flexibility index (Phi) is 3.02. The van der Waals surface area contributed by atoms with Gasteiger partial charge in [-0.2, -0.15) is 0 Å². The maximum atomic E-state index is 13.6. The van der Waals surface area contributed by atoms with Gasteiger partial charge in [0.1, 0.15) is 0 Å². The number of benzene rings is 1. The molecule has 98 valence electrons. The predicted molar refractivity (Wildman–Crippen MR) is 62.3 cm³/mol. The van der Waals surface area contributed by atoms with Crippen molar-refractivity contribution in [3.63, 3.8) is 0 Å². The summed E-state index contributed by atoms with van der Waals surface area (Å²) in [4.78, 5) is 11.6. The first-order chi connectivity index (χ1) is 8.28. The SMILES string of the molecule is CS(=O)(=O)NC(=O)c1cc(C2CC2)cc(O)c1F. The molecule has 1 aliphatic carbocycles. The molecule has 1 fully saturated rings. The van der Waals surface area contributed by atoms with Crippen molar-refractivity contribution in [2.24, 2.45) is 0 Å². The number of hydrogen-bond donors (Lipinski definition) is 2. The summed E-state index contributed by atoms with van der Waals surface area (Å²) in [5, 5.41) is 9.40. The number of phenolic OH excluding ortho intramolecular Hbond substituents is 1. The summed E-state index contributed by atoms with van der Waals surface area (Å²) >= 11 is 0. The van der Waals surface area contributed by atoms with Crippen molar-refractivity contribution in [1.29, 1.82) is 0 Å². The minimum Gasteiger partial charge on any atom is -0.505 e. The molecule has 0 atom stereocenters. The third-order valence-electron chi connectivity index (χ3n) is 2.65. The molecule has 1 amide bonds. The van der Waals surface area contributed by atoms with E-state index >= 15 is 0 Å². The van der Waals surface area contributed by atoms with Crippen molar-refractivity contribution < 1.29 is 22.7 Å². The van der Waals surface area contributed by atoms with Gasteiger partial charge in [0, 0.05) is 0 Å². The summed E-state index contributed by atoms with van der Waals surface area (Å²) in [6, 6.07) is 2.55. The van der Waals surface area contributed by atoms with E-state index in [1.165, 1.54) is 12.1 Å². The lowest BCUT2D eigenvalue weighted by Crippen LogP contribution is -2.30. The summed E-state index contributed by atoms with van der Waals surface area (Å²) in [6.45, 7) is 0. The second-order valence-electron chi connectivity index (χ2n) is 4.38. The number of carbonyl (C=O) groups is 1. The van der Waals surface area contributed by atoms with E-state index in [-0.39, 0.29) is 5.92 Å². The van der Waals surface area contributed by atoms with Gasteiger partial charge in [-0.1, -0.05) is 0 Å². The van der Waals surface area contributed by atoms with Crippen LogP contribution in [-0.2, 0) is 10.0 Å². The number of nitrogens with one attached hydrogen (secondary N) is 1. The third-order valence-corrected chi connectivity index (χ3v) is 3.20. The molecule has 1 aromatic carbocycles. The molecule has 0 aliphatic heterocycles. The standard InChI is InChI=1S/C11H12FNO4S/c1-18(16,17)13-11(15)8-4-7(6-2-3-6)5-9(14)10(8)12/h4-6,14H,2-3H2,1H3,(H,13,15). The highest BCUT2D eigenvalue weighted by atomic mass is 32.2. The van der Waals surface area contributed by atoms with E-state index < -0.39 is 33.1 Å². The van der Waals surface area contributed by atoms with Gasteiger partial charge in [0.05, 0.1) is 11.8 Å². The molecule has 1 aliphatic rings. The van der Waals surface area contributed by atoms with E-state index in [0.29, 0.717) is 5.56 Å². The molecule has 2 rings (SSSR count). The molecule has 18 heavy (non-hydrogen) atoms. The van der Waals surface area contributed by atoms with E-state index in [0.717, 1.165) is 19.1 Å². The maximum Gasteiger partial charge on any atom is 0.267 e. The van der Waals surface area contributed by atoms with Crippen LogP contribution in [0, 0.1) is 5.82 Å². The summed E-state index contributed by atoms with van der Waals surface area (Å²) in [7, 11) is -3.77. The Hall–Kier alpha value is -1.63. The highest BCUT2D eigenvalue weighted by Gasteiger charge is 2.27. The lowest BCUT2D eigenvalue weighted by molar-refractivity contribution is 0.0977. The smallest absolute Gasteiger partial charge is 0.267 e. The average molecular weight is 273 g/mol. The quantitative estimate of drug-likeness (QED) is 0.863. The molecule has 0 heterocycles. The van der Waals surface area contributed by atoms with E-state index in [4.69, 9.17) is 0 Å². The van der Waals surface area contributed by atoms with E-state index in [1.54, 1.807) is 4.72 Å². The normalized spacial score (nSPS) is 15.4. The van der Waals surface area contributed by atoms with Crippen LogP contribution in [0.4, 0.5) is 4.39 Å². The van der Waals surface area contributed by atoms with Crippen molar-refractivity contribution in [2.75, 3.05) is 6.26 Å². The second kappa shape index (κ2) is 4.24. The summed E-state index contributed by atoms with van der Waals surface area (Å²) in [6.07, 6.45) is 2.63. The van der Waals surface area contributed by atoms with Crippen LogP contribution in [-0.4, -0.2) is 25.7 Å². The van der Waals surface area contributed by atoms with Gasteiger partial charge in [-0.3, -0.25) is 4.79 Å². The van der Waals surface area contributed by atoms with Gasteiger partial charge in [0.25, 0.3) is 5.91 Å². The number of carbonyl (C=O) groups excluding carboxylic acids is 1. The molecular weight excluding hydrogens is 261 g/mol. The molecule has 7 heteroatoms. The van der Waals surface area contributed by atoms with Gasteiger partial charge in [-0.25, -0.2) is 17.5 Å². The van der Waals surface area contributed by atoms with Crippen LogP contribution in [0.1, 0.15) is 34.7 Å². The van der Waals surface area contributed by atoms with Gasteiger partial charge >= 0.3 is 0 Å². The van der Waals surface area contributed by atoms with Crippen molar-refractivity contribution in [3.05, 3.63) is 29.1 Å². The van der Waals surface area contributed by atoms with Crippen LogP contribution in [0.15, 0.2) is 12.1 Å². The van der Waals surface area contributed by atoms with E-state index in [9.17, 15) is 22.7 Å². The fourth-order valence-corrected chi connectivity index (χ4v) is 2.12. The number of sulfonamides is 1. The molecule has 2 N–H and O–H groups in total. The molecular formula is C11H12FNO4S. The van der Waals surface area contributed by atoms with Gasteiger partial charge in [-0.05, 0) is 36.5 Å². The number of phenols is 1. The second-order valence-corrected chi connectivity index (χ2v) is 6.13. The van der Waals surface area contributed by atoms with Crippen molar-refractivity contribution in [3.8, 4) is 5.75 Å². The van der Waals surface area contributed by atoms with Gasteiger partial charge in [-0.15, -0.1) is 0 Å². The predicted octanol–water partition coefficient (Wildman–Crippen LogP) is 1.10. The van der Waals surface area contributed by atoms with Crippen LogP contribution in [0.5, 0.6) is 5.75 Å². The molecule has 0 bridgehead atoms. The average Bonchev–Trinajstić information content (AvgIpc) is 3.02. The first-order valence-corrected chi connectivity index (χ1v) is 7.21. The Morgan fingerprint density at radius 2 is 2.06 bits per heavy atom. The number of hydrogen-bond acceptors (Lipinski definition) is 4. The van der Waals surface area contributed by atoms with Crippen molar-refractivity contribution >= 4 is 15.9 Å². The minimum atomic E-state index is -3.77. The van der Waals surface area contributed by atoms with E-state index in [2.05, 4.69) is 0 Å². The van der Waals surface area contributed by atoms with E-state index in [1.807, 2.05) is 0 Å². The Morgan fingerprint density at radius 1 is 1.44 bits per heavy atom. The fraction of sp³-hybridized carbons (Fsp3) is 0.364. The fourth-order valence-electron chi connectivity index (χ4n) is 1.67. The van der Waals surface area contributed by atoms with Crippen LogP contribution in [0.2, 0.25) is 0 Å². The van der Waals surface area contributed by atoms with Crippen LogP contribution < -0.4 is 4.72 Å². The third kappa shape index (κ3) is 2.79. The van der Waals surface area contributed by atoms with Gasteiger partial charge in [0.2, 0.25) is 10.0 Å². The number of rotatable bonds is 3. The summed E-state index contributed by atoms with van der Waals surface area (Å²) < 4.78 is 37.1. The molecule has 0 spiro atoms. The number of amides is 1. The largest absolute Gasteiger partial charge is 0.505 e. The zero-order valence-corrected chi connectivity index (χ0v) is 10.4. The Balaban J connectivity index is 2.39. The lowest BCUT2D eigenvalue weighted by Gasteiger charge is -2.08. The summed E-state index contributed by atoms with van der Waals surface area (Å²) in [5.74, 6) is -2.62. The minimum absolute atomic E-state index is 0.210. The van der Waals surface area contributed by atoms with Gasteiger partial charge in [0.15, 0.2) is 11.6 Å². The first kappa shape index (κ1) is 12.8. The highest BCUT2D eigenvalue weighted by Crippen LogP contribution is 2.42. The number of halogens is 1. The highest BCUT2D eigenvalue weighted by molar-refractivity contribution is 7.89. The van der Waals surface area contributed by atoms with Crippen LogP contribution >= 0.6 is 0 Å². The molecule has 0 aromatic heterocycles. The molecule has 5 nitrogen and oxygen atoms in total. The number of aromatic hydroxyl groups is 1. The Labute approximate surface area is 104 Å². The zero-order chi connectivity index (χ0) is 13.5. The Bertz CT molecular complexity index is 608. The molecule has 1 saturated carbocycles. The first-order valence-electron chi connectivity index (χ1n) is 5.32. The molecule has 0 unspecified atom stereocenters.